The highest BCUT2D eigenvalue weighted by molar-refractivity contribution is 5.87. The van der Waals surface area contributed by atoms with E-state index in [1.165, 1.54) is 0 Å². The fraction of sp³-hybridized carbons (Fsp3) is 0.579. The molecule has 0 bridgehead atoms. The molecule has 1 saturated heterocycles. The number of nitrogens with zero attached hydrogens (tertiary/aromatic N) is 2. The number of rotatable bonds is 6. The summed E-state index contributed by atoms with van der Waals surface area (Å²) in [5.41, 5.74) is 1.43. The molecule has 0 spiro atoms. The van der Waals surface area contributed by atoms with Crippen molar-refractivity contribution in [1.29, 1.82) is 0 Å². The van der Waals surface area contributed by atoms with Gasteiger partial charge in [-0.1, -0.05) is 12.1 Å². The van der Waals surface area contributed by atoms with E-state index >= 15 is 0 Å². The molecule has 0 aliphatic carbocycles. The monoisotopic (exact) mass is 332 g/mol. The van der Waals surface area contributed by atoms with Gasteiger partial charge >= 0.3 is 5.97 Å². The summed E-state index contributed by atoms with van der Waals surface area (Å²) in [5.74, 6) is -0.390. The molecule has 1 aliphatic heterocycles. The molecule has 5 nitrogen and oxygen atoms in total. The Morgan fingerprint density at radius 2 is 1.96 bits per heavy atom. The zero-order valence-corrected chi connectivity index (χ0v) is 14.9. The van der Waals surface area contributed by atoms with Crippen LogP contribution in [0.25, 0.3) is 0 Å². The van der Waals surface area contributed by atoms with Crippen molar-refractivity contribution in [3.8, 4) is 0 Å². The van der Waals surface area contributed by atoms with Gasteiger partial charge in [0.05, 0.1) is 5.56 Å². The predicted octanol–water partition coefficient (Wildman–Crippen LogP) is 2.82. The summed E-state index contributed by atoms with van der Waals surface area (Å²) in [5, 5.41) is 8.99. The van der Waals surface area contributed by atoms with Crippen molar-refractivity contribution < 1.29 is 14.7 Å². The highest BCUT2D eigenvalue weighted by Gasteiger charge is 2.25. The zero-order chi connectivity index (χ0) is 17.7. The number of carboxylic acids is 1. The van der Waals surface area contributed by atoms with E-state index in [2.05, 4.69) is 18.7 Å². The van der Waals surface area contributed by atoms with E-state index in [1.54, 1.807) is 12.1 Å². The van der Waals surface area contributed by atoms with E-state index in [0.717, 1.165) is 38.0 Å². The molecule has 1 fully saturated rings. The Morgan fingerprint density at radius 3 is 2.54 bits per heavy atom. The van der Waals surface area contributed by atoms with Gasteiger partial charge in [0.25, 0.3) is 0 Å². The van der Waals surface area contributed by atoms with Crippen molar-refractivity contribution >= 4 is 11.9 Å². The number of benzene rings is 1. The lowest BCUT2D eigenvalue weighted by atomic mass is 9.90. The van der Waals surface area contributed by atoms with Gasteiger partial charge in [-0.15, -0.1) is 0 Å². The number of amides is 1. The average molecular weight is 332 g/mol. The van der Waals surface area contributed by atoms with E-state index in [4.69, 9.17) is 5.11 Å². The summed E-state index contributed by atoms with van der Waals surface area (Å²) in [6, 6.07) is 7.51. The minimum absolute atomic E-state index is 0.217. The molecule has 1 aromatic carbocycles. The molecule has 1 N–H and O–H groups in total. The SMILES string of the molecule is CC(C)N(C)CCC(=O)N1CCCC(c2ccc(C(=O)O)cc2)C1. The van der Waals surface area contributed by atoms with Gasteiger partial charge < -0.3 is 14.9 Å². The maximum atomic E-state index is 12.5. The molecule has 24 heavy (non-hydrogen) atoms. The topological polar surface area (TPSA) is 60.9 Å². The second-order valence-corrected chi connectivity index (χ2v) is 6.93. The van der Waals surface area contributed by atoms with Crippen LogP contribution in [0.3, 0.4) is 0 Å². The molecular formula is C19H28N2O3. The summed E-state index contributed by atoms with van der Waals surface area (Å²) in [7, 11) is 2.04. The third-order valence-corrected chi connectivity index (χ3v) is 4.96. The third kappa shape index (κ3) is 4.81. The molecule has 2 rings (SSSR count). The van der Waals surface area contributed by atoms with Crippen LogP contribution >= 0.6 is 0 Å². The molecule has 0 saturated carbocycles. The maximum absolute atomic E-state index is 12.5. The lowest BCUT2D eigenvalue weighted by molar-refractivity contribution is -0.132. The van der Waals surface area contributed by atoms with Crippen LogP contribution in [0.1, 0.15) is 54.9 Å². The number of aromatic carboxylic acids is 1. The number of hydrogen-bond acceptors (Lipinski definition) is 3. The molecular weight excluding hydrogens is 304 g/mol. The predicted molar refractivity (Wildman–Crippen MR) is 94.3 cm³/mol. The minimum Gasteiger partial charge on any atom is -0.478 e. The maximum Gasteiger partial charge on any atom is 0.335 e. The molecule has 1 atom stereocenters. The average Bonchev–Trinajstić information content (AvgIpc) is 2.59. The Morgan fingerprint density at radius 1 is 1.29 bits per heavy atom. The second kappa shape index (κ2) is 8.29. The number of likely N-dealkylation sites (tertiary alicyclic amines) is 1. The van der Waals surface area contributed by atoms with Gasteiger partial charge in [-0.05, 0) is 51.4 Å². The number of piperidine rings is 1. The number of carboxylic acid groups (broad SMARTS) is 1. The summed E-state index contributed by atoms with van der Waals surface area (Å²) in [4.78, 5) is 27.6. The van der Waals surface area contributed by atoms with Crippen molar-refractivity contribution in [2.75, 3.05) is 26.7 Å². The molecule has 5 heteroatoms. The van der Waals surface area contributed by atoms with Gasteiger partial charge in [0.2, 0.25) is 5.91 Å². The van der Waals surface area contributed by atoms with E-state index < -0.39 is 5.97 Å². The molecule has 1 heterocycles. The van der Waals surface area contributed by atoms with Crippen LogP contribution in [0.4, 0.5) is 0 Å². The van der Waals surface area contributed by atoms with E-state index in [-0.39, 0.29) is 5.91 Å². The van der Waals surface area contributed by atoms with Gasteiger partial charge in [0.1, 0.15) is 0 Å². The first-order chi connectivity index (χ1) is 11.4. The van der Waals surface area contributed by atoms with E-state index in [0.29, 0.717) is 23.9 Å². The summed E-state index contributed by atoms with van der Waals surface area (Å²) >= 11 is 0. The normalized spacial score (nSPS) is 18.2. The van der Waals surface area contributed by atoms with E-state index in [9.17, 15) is 9.59 Å². The Bertz CT molecular complexity index is 568. The number of carbonyl (C=O) groups is 2. The van der Waals surface area contributed by atoms with Crippen molar-refractivity contribution in [3.63, 3.8) is 0 Å². The Balaban J connectivity index is 1.93. The van der Waals surface area contributed by atoms with Crippen molar-refractivity contribution in [3.05, 3.63) is 35.4 Å². The van der Waals surface area contributed by atoms with Crippen LogP contribution in [0, 0.1) is 0 Å². The third-order valence-electron chi connectivity index (χ3n) is 4.96. The van der Waals surface area contributed by atoms with Crippen LogP contribution in [0.5, 0.6) is 0 Å². The van der Waals surface area contributed by atoms with Crippen LogP contribution in [0.2, 0.25) is 0 Å². The van der Waals surface area contributed by atoms with Gasteiger partial charge in [0.15, 0.2) is 0 Å². The molecule has 1 aromatic rings. The zero-order valence-electron chi connectivity index (χ0n) is 14.9. The molecule has 132 valence electrons. The first kappa shape index (κ1) is 18.5. The highest BCUT2D eigenvalue weighted by Crippen LogP contribution is 2.27. The lowest BCUT2D eigenvalue weighted by Crippen LogP contribution is -2.40. The van der Waals surface area contributed by atoms with Gasteiger partial charge in [-0.2, -0.15) is 0 Å². The Hall–Kier alpha value is -1.88. The van der Waals surface area contributed by atoms with Gasteiger partial charge in [0, 0.05) is 38.0 Å². The Labute approximate surface area is 144 Å². The van der Waals surface area contributed by atoms with Crippen LogP contribution in [0.15, 0.2) is 24.3 Å². The smallest absolute Gasteiger partial charge is 0.335 e. The van der Waals surface area contributed by atoms with Gasteiger partial charge in [-0.3, -0.25) is 4.79 Å². The number of hydrogen-bond donors (Lipinski definition) is 1. The van der Waals surface area contributed by atoms with Gasteiger partial charge in [-0.25, -0.2) is 4.79 Å². The molecule has 1 aliphatic rings. The minimum atomic E-state index is -0.906. The van der Waals surface area contributed by atoms with Crippen LogP contribution < -0.4 is 0 Å². The van der Waals surface area contributed by atoms with Crippen molar-refractivity contribution in [1.82, 2.24) is 9.80 Å². The quantitative estimate of drug-likeness (QED) is 0.870. The molecule has 1 unspecified atom stereocenters. The number of carbonyl (C=O) groups excluding carboxylic acids is 1. The Kier molecular flexibility index (Phi) is 6.37. The fourth-order valence-corrected chi connectivity index (χ4v) is 3.06. The van der Waals surface area contributed by atoms with Crippen molar-refractivity contribution in [2.45, 2.75) is 45.1 Å². The molecule has 0 radical (unpaired) electrons. The molecule has 0 aromatic heterocycles. The van der Waals surface area contributed by atoms with E-state index in [1.807, 2.05) is 24.1 Å². The van der Waals surface area contributed by atoms with Crippen LogP contribution in [-0.2, 0) is 4.79 Å². The fourth-order valence-electron chi connectivity index (χ4n) is 3.06. The summed E-state index contributed by atoms with van der Waals surface area (Å²) in [6.07, 6.45) is 2.60. The second-order valence-electron chi connectivity index (χ2n) is 6.93. The van der Waals surface area contributed by atoms with Crippen molar-refractivity contribution in [2.24, 2.45) is 0 Å². The van der Waals surface area contributed by atoms with Crippen LogP contribution in [-0.4, -0.2) is 59.5 Å². The first-order valence-electron chi connectivity index (χ1n) is 8.69. The largest absolute Gasteiger partial charge is 0.478 e. The standard InChI is InChI=1S/C19H28N2O3/c1-14(2)20(3)12-10-18(22)21-11-4-5-17(13-21)15-6-8-16(9-7-15)19(23)24/h6-9,14,17H,4-5,10-13H2,1-3H3,(H,23,24). The highest BCUT2D eigenvalue weighted by atomic mass is 16.4. The first-order valence-corrected chi connectivity index (χ1v) is 8.69. The molecule has 1 amide bonds. The summed E-state index contributed by atoms with van der Waals surface area (Å²) < 4.78 is 0. The summed E-state index contributed by atoms with van der Waals surface area (Å²) in [6.45, 7) is 6.60. The lowest BCUT2D eigenvalue weighted by Gasteiger charge is -2.33.